The van der Waals surface area contributed by atoms with E-state index in [1.807, 2.05) is 66.7 Å². The smallest absolute Gasteiger partial charge is 0.300 e. The molecule has 5 rings (SSSR count). The highest BCUT2D eigenvalue weighted by Crippen LogP contribution is 2.42. The minimum absolute atomic E-state index is 0.0342. The van der Waals surface area contributed by atoms with Crippen molar-refractivity contribution >= 4 is 33.9 Å². The highest BCUT2D eigenvalue weighted by atomic mass is 16.3. The van der Waals surface area contributed by atoms with Crippen LogP contribution in [-0.2, 0) is 9.59 Å². The minimum Gasteiger partial charge on any atom is -0.507 e. The number of carbonyl (C=O) groups excluding carboxylic acids is 2. The molecule has 1 heterocycles. The molecule has 4 aromatic rings. The number of ketones is 1. The van der Waals surface area contributed by atoms with Crippen LogP contribution in [0.3, 0.4) is 0 Å². The zero-order valence-corrected chi connectivity index (χ0v) is 17.5. The predicted octanol–water partition coefficient (Wildman–Crippen LogP) is 5.34. The maximum atomic E-state index is 13.3. The van der Waals surface area contributed by atoms with Crippen molar-refractivity contribution in [2.45, 2.75) is 6.04 Å². The van der Waals surface area contributed by atoms with Crippen LogP contribution in [0.5, 0.6) is 0 Å². The minimum atomic E-state index is -0.807. The molecule has 1 fully saturated rings. The molecule has 1 atom stereocenters. The monoisotopic (exact) mass is 430 g/mol. The first-order valence-corrected chi connectivity index (χ1v) is 10.4. The average molecular weight is 430 g/mol. The number of fused-ring (bicyclic) bond motifs is 1. The van der Waals surface area contributed by atoms with E-state index in [0.717, 1.165) is 10.8 Å². The van der Waals surface area contributed by atoms with Gasteiger partial charge in [-0.15, -0.1) is 0 Å². The summed E-state index contributed by atoms with van der Waals surface area (Å²) in [5.41, 5.74) is 2.14. The lowest BCUT2D eigenvalue weighted by Crippen LogP contribution is -2.29. The molecule has 1 amide bonds. The third-order valence-corrected chi connectivity index (χ3v) is 5.88. The van der Waals surface area contributed by atoms with Gasteiger partial charge in [-0.2, -0.15) is 5.26 Å². The highest BCUT2D eigenvalue weighted by Gasteiger charge is 2.47. The quantitative estimate of drug-likeness (QED) is 0.270. The second kappa shape index (κ2) is 8.10. The van der Waals surface area contributed by atoms with Crippen LogP contribution in [-0.4, -0.2) is 16.8 Å². The van der Waals surface area contributed by atoms with E-state index in [9.17, 15) is 14.7 Å². The molecule has 1 aliphatic rings. The molecule has 0 aromatic heterocycles. The Morgan fingerprint density at radius 3 is 2.21 bits per heavy atom. The summed E-state index contributed by atoms with van der Waals surface area (Å²) in [4.78, 5) is 27.9. The molecular weight excluding hydrogens is 412 g/mol. The number of rotatable bonds is 3. The number of nitrogens with zero attached hydrogens (tertiary/aromatic N) is 2. The number of carbonyl (C=O) groups is 2. The summed E-state index contributed by atoms with van der Waals surface area (Å²) in [6, 6.07) is 29.9. The number of aliphatic hydroxyl groups is 1. The Morgan fingerprint density at radius 2 is 1.48 bits per heavy atom. The average Bonchev–Trinajstić information content (AvgIpc) is 3.14. The van der Waals surface area contributed by atoms with Crippen molar-refractivity contribution < 1.29 is 14.7 Å². The Balaban J connectivity index is 1.76. The third-order valence-electron chi connectivity index (χ3n) is 5.88. The summed E-state index contributed by atoms with van der Waals surface area (Å²) < 4.78 is 0. The van der Waals surface area contributed by atoms with Crippen LogP contribution in [0.25, 0.3) is 16.5 Å². The largest absolute Gasteiger partial charge is 0.507 e. The van der Waals surface area contributed by atoms with Crippen molar-refractivity contribution in [1.29, 1.82) is 5.26 Å². The van der Waals surface area contributed by atoms with Crippen LogP contribution in [0.2, 0.25) is 0 Å². The van der Waals surface area contributed by atoms with Crippen LogP contribution in [0.15, 0.2) is 103 Å². The fourth-order valence-electron chi connectivity index (χ4n) is 4.32. The molecule has 0 saturated carbocycles. The summed E-state index contributed by atoms with van der Waals surface area (Å²) in [6.45, 7) is 0. The molecular formula is C28H18N2O3. The normalized spacial score (nSPS) is 17.3. The van der Waals surface area contributed by atoms with Gasteiger partial charge in [-0.25, -0.2) is 0 Å². The molecule has 0 spiro atoms. The third kappa shape index (κ3) is 3.35. The van der Waals surface area contributed by atoms with Crippen LogP contribution in [0, 0.1) is 11.3 Å². The predicted molar refractivity (Wildman–Crippen MR) is 126 cm³/mol. The zero-order valence-electron chi connectivity index (χ0n) is 17.5. The van der Waals surface area contributed by atoms with Gasteiger partial charge in [-0.1, -0.05) is 72.8 Å². The van der Waals surface area contributed by atoms with Gasteiger partial charge in [-0.05, 0) is 40.6 Å². The van der Waals surface area contributed by atoms with Gasteiger partial charge in [0.1, 0.15) is 5.76 Å². The van der Waals surface area contributed by atoms with Gasteiger partial charge in [0.2, 0.25) is 0 Å². The standard InChI is InChI=1S/C28H18N2O3/c29-17-18-13-15-21(16-14-18)30-25(20-8-2-1-3-9-20)24(27(32)28(30)33)26(31)23-12-6-10-19-7-4-5-11-22(19)23/h1-16,25,31H/b26-24-. The zero-order chi connectivity index (χ0) is 22.9. The molecule has 1 aliphatic heterocycles. The van der Waals surface area contributed by atoms with Crippen LogP contribution < -0.4 is 4.90 Å². The van der Waals surface area contributed by atoms with Crippen molar-refractivity contribution in [3.05, 3.63) is 119 Å². The van der Waals surface area contributed by atoms with Crippen molar-refractivity contribution in [2.75, 3.05) is 4.90 Å². The molecule has 5 nitrogen and oxygen atoms in total. The van der Waals surface area contributed by atoms with E-state index in [-0.39, 0.29) is 11.3 Å². The van der Waals surface area contributed by atoms with Gasteiger partial charge in [0.05, 0.1) is 23.2 Å². The van der Waals surface area contributed by atoms with Crippen molar-refractivity contribution in [1.82, 2.24) is 0 Å². The van der Waals surface area contributed by atoms with Gasteiger partial charge >= 0.3 is 0 Å². The molecule has 4 aromatic carbocycles. The Hall–Kier alpha value is -4.69. The van der Waals surface area contributed by atoms with E-state index in [2.05, 4.69) is 6.07 Å². The summed E-state index contributed by atoms with van der Waals surface area (Å²) in [5, 5.41) is 22.2. The lowest BCUT2D eigenvalue weighted by atomic mass is 9.93. The van der Waals surface area contributed by atoms with Crippen LogP contribution in [0.4, 0.5) is 5.69 Å². The lowest BCUT2D eigenvalue weighted by molar-refractivity contribution is -0.132. The first kappa shape index (κ1) is 20.2. The van der Waals surface area contributed by atoms with Gasteiger partial charge in [0.15, 0.2) is 0 Å². The maximum Gasteiger partial charge on any atom is 0.300 e. The van der Waals surface area contributed by atoms with Crippen molar-refractivity contribution in [3.8, 4) is 6.07 Å². The second-order valence-electron chi connectivity index (χ2n) is 7.77. The molecule has 1 saturated heterocycles. The van der Waals surface area contributed by atoms with Crippen LogP contribution >= 0.6 is 0 Å². The number of hydrogen-bond donors (Lipinski definition) is 1. The molecule has 0 radical (unpaired) electrons. The number of benzene rings is 4. The number of Topliss-reactive ketones (excluding diaryl/α,β-unsaturated/α-hetero) is 1. The Bertz CT molecular complexity index is 1460. The number of hydrogen-bond acceptors (Lipinski definition) is 4. The van der Waals surface area contributed by atoms with Gasteiger partial charge in [0, 0.05) is 11.3 Å². The van der Waals surface area contributed by atoms with Crippen molar-refractivity contribution in [3.63, 3.8) is 0 Å². The molecule has 0 aliphatic carbocycles. The molecule has 5 heteroatoms. The number of anilines is 1. The second-order valence-corrected chi connectivity index (χ2v) is 7.77. The highest BCUT2D eigenvalue weighted by molar-refractivity contribution is 6.51. The number of amides is 1. The van der Waals surface area contributed by atoms with E-state index >= 15 is 0 Å². The molecule has 0 bridgehead atoms. The van der Waals surface area contributed by atoms with Gasteiger partial charge in [-0.3, -0.25) is 14.5 Å². The van der Waals surface area contributed by atoms with Gasteiger partial charge < -0.3 is 5.11 Å². The molecule has 1 unspecified atom stereocenters. The molecule has 158 valence electrons. The first-order chi connectivity index (χ1) is 16.1. The Morgan fingerprint density at radius 1 is 0.818 bits per heavy atom. The number of aliphatic hydroxyl groups excluding tert-OH is 1. The van der Waals surface area contributed by atoms with E-state index in [1.54, 1.807) is 30.3 Å². The summed E-state index contributed by atoms with van der Waals surface area (Å²) in [5.74, 6) is -1.69. The fourth-order valence-corrected chi connectivity index (χ4v) is 4.32. The fraction of sp³-hybridized carbons (Fsp3) is 0.0357. The van der Waals surface area contributed by atoms with E-state index in [0.29, 0.717) is 22.4 Å². The maximum absolute atomic E-state index is 13.3. The molecule has 33 heavy (non-hydrogen) atoms. The van der Waals surface area contributed by atoms with E-state index in [1.165, 1.54) is 4.90 Å². The summed E-state index contributed by atoms with van der Waals surface area (Å²) in [7, 11) is 0. The Kier molecular flexibility index (Phi) is 4.96. The lowest BCUT2D eigenvalue weighted by Gasteiger charge is -2.25. The van der Waals surface area contributed by atoms with Crippen molar-refractivity contribution in [2.24, 2.45) is 0 Å². The first-order valence-electron chi connectivity index (χ1n) is 10.4. The molecule has 1 N–H and O–H groups in total. The number of nitriles is 1. The summed E-state index contributed by atoms with van der Waals surface area (Å²) >= 11 is 0. The SMILES string of the molecule is N#Cc1ccc(N2C(=O)C(=O)/C(=C(\O)c3cccc4ccccc34)C2c2ccccc2)cc1. The van der Waals surface area contributed by atoms with E-state index in [4.69, 9.17) is 5.26 Å². The van der Waals surface area contributed by atoms with Crippen LogP contribution in [0.1, 0.15) is 22.7 Å². The summed E-state index contributed by atoms with van der Waals surface area (Å²) in [6.07, 6.45) is 0. The van der Waals surface area contributed by atoms with Gasteiger partial charge in [0.25, 0.3) is 11.7 Å². The Labute approximate surface area is 190 Å². The topological polar surface area (TPSA) is 81.4 Å². The van der Waals surface area contributed by atoms with E-state index < -0.39 is 17.7 Å².